The van der Waals surface area contributed by atoms with E-state index in [0.29, 0.717) is 11.5 Å². The lowest BCUT2D eigenvalue weighted by molar-refractivity contribution is 0.148. The van der Waals surface area contributed by atoms with Crippen LogP contribution in [0.5, 0.6) is 0 Å². The standard InChI is InChI=1S/C19H22N4OS2/c1-19(14-7-4-3-5-8-14)9-6-10-22(13-19)12-15-11-16(24)23-17(20-15)26-18(21-23)25-2/h3-5,7-8,11H,6,9-10,12-13H2,1-2H3. The van der Waals surface area contributed by atoms with Gasteiger partial charge < -0.3 is 0 Å². The van der Waals surface area contributed by atoms with Gasteiger partial charge in [-0.2, -0.15) is 4.52 Å². The van der Waals surface area contributed by atoms with Crippen molar-refractivity contribution < 1.29 is 0 Å². The molecular weight excluding hydrogens is 364 g/mol. The summed E-state index contributed by atoms with van der Waals surface area (Å²) in [5.74, 6) is 0. The second-order valence-corrected chi connectivity index (χ2v) is 9.10. The minimum atomic E-state index is -0.0932. The predicted molar refractivity (Wildman–Crippen MR) is 107 cm³/mol. The maximum Gasteiger partial charge on any atom is 0.275 e. The van der Waals surface area contributed by atoms with Crippen molar-refractivity contribution in [1.82, 2.24) is 19.5 Å². The van der Waals surface area contributed by atoms with Crippen molar-refractivity contribution in [1.29, 1.82) is 0 Å². The van der Waals surface area contributed by atoms with Crippen LogP contribution in [0.25, 0.3) is 4.96 Å². The summed E-state index contributed by atoms with van der Waals surface area (Å²) in [6.07, 6.45) is 4.31. The van der Waals surface area contributed by atoms with Crippen LogP contribution >= 0.6 is 23.1 Å². The van der Waals surface area contributed by atoms with Gasteiger partial charge in [0.15, 0.2) is 4.34 Å². The second kappa shape index (κ2) is 7.13. The molecule has 0 saturated carbocycles. The van der Waals surface area contributed by atoms with Gasteiger partial charge in [0, 0.05) is 24.6 Å². The topological polar surface area (TPSA) is 50.5 Å². The molecule has 1 fully saturated rings. The average molecular weight is 387 g/mol. The van der Waals surface area contributed by atoms with Gasteiger partial charge in [0.2, 0.25) is 4.96 Å². The van der Waals surface area contributed by atoms with Crippen molar-refractivity contribution in [3.8, 4) is 0 Å². The van der Waals surface area contributed by atoms with Gasteiger partial charge in [0.25, 0.3) is 5.56 Å². The van der Waals surface area contributed by atoms with Crippen molar-refractivity contribution in [2.45, 2.75) is 36.1 Å². The molecule has 0 N–H and O–H groups in total. The summed E-state index contributed by atoms with van der Waals surface area (Å²) < 4.78 is 2.27. The first-order valence-electron chi connectivity index (χ1n) is 8.79. The lowest BCUT2D eigenvalue weighted by Crippen LogP contribution is -2.44. The first kappa shape index (κ1) is 17.7. The lowest BCUT2D eigenvalue weighted by Gasteiger charge is -2.40. The Bertz CT molecular complexity index is 969. The van der Waals surface area contributed by atoms with E-state index in [4.69, 9.17) is 0 Å². The summed E-state index contributed by atoms with van der Waals surface area (Å²) in [6.45, 7) is 5.08. The van der Waals surface area contributed by atoms with Crippen molar-refractivity contribution in [2.24, 2.45) is 0 Å². The van der Waals surface area contributed by atoms with Crippen LogP contribution in [0.2, 0.25) is 0 Å². The maximum atomic E-state index is 12.4. The van der Waals surface area contributed by atoms with Gasteiger partial charge in [-0.3, -0.25) is 9.69 Å². The van der Waals surface area contributed by atoms with E-state index in [-0.39, 0.29) is 11.0 Å². The second-order valence-electron chi connectivity index (χ2n) is 7.09. The molecule has 0 spiro atoms. The van der Waals surface area contributed by atoms with Crippen LogP contribution in [0, 0.1) is 0 Å². The number of piperidine rings is 1. The molecule has 26 heavy (non-hydrogen) atoms. The monoisotopic (exact) mass is 386 g/mol. The summed E-state index contributed by atoms with van der Waals surface area (Å²) in [5, 5.41) is 4.29. The van der Waals surface area contributed by atoms with E-state index >= 15 is 0 Å². The first-order valence-corrected chi connectivity index (χ1v) is 10.8. The SMILES string of the molecule is CSc1nn2c(=O)cc(CN3CCCC(C)(c4ccccc4)C3)nc2s1. The lowest BCUT2D eigenvalue weighted by atomic mass is 9.76. The normalized spacial score (nSPS) is 21.3. The number of rotatable bonds is 4. The Morgan fingerprint density at radius 2 is 2.12 bits per heavy atom. The molecule has 5 nitrogen and oxygen atoms in total. The largest absolute Gasteiger partial charge is 0.297 e. The molecule has 3 heterocycles. The average Bonchev–Trinajstić information content (AvgIpc) is 3.06. The summed E-state index contributed by atoms with van der Waals surface area (Å²) in [4.78, 5) is 20.1. The molecule has 4 rings (SSSR count). The molecule has 3 aromatic rings. The fourth-order valence-corrected chi connectivity index (χ4v) is 5.17. The Morgan fingerprint density at radius 3 is 2.88 bits per heavy atom. The number of thioether (sulfide) groups is 1. The van der Waals surface area contributed by atoms with Gasteiger partial charge in [0.05, 0.1) is 5.69 Å². The zero-order valence-electron chi connectivity index (χ0n) is 15.0. The summed E-state index contributed by atoms with van der Waals surface area (Å²) in [5.41, 5.74) is 2.28. The van der Waals surface area contributed by atoms with Gasteiger partial charge in [-0.05, 0) is 31.2 Å². The van der Waals surface area contributed by atoms with Crippen molar-refractivity contribution in [3.05, 3.63) is 58.0 Å². The summed E-state index contributed by atoms with van der Waals surface area (Å²) in [6, 6.07) is 12.4. The molecule has 7 heteroatoms. The van der Waals surface area contributed by atoms with Gasteiger partial charge in [-0.15, -0.1) is 5.10 Å². The van der Waals surface area contributed by atoms with E-state index in [1.54, 1.807) is 6.07 Å². The highest BCUT2D eigenvalue weighted by Crippen LogP contribution is 2.34. The van der Waals surface area contributed by atoms with E-state index in [0.717, 1.165) is 29.5 Å². The van der Waals surface area contributed by atoms with E-state index in [1.165, 1.54) is 39.6 Å². The Balaban J connectivity index is 1.57. The number of hydrogen-bond acceptors (Lipinski definition) is 6. The fraction of sp³-hybridized carbons (Fsp3) is 0.421. The number of benzene rings is 1. The summed E-state index contributed by atoms with van der Waals surface area (Å²) >= 11 is 3.01. The molecule has 0 bridgehead atoms. The highest BCUT2D eigenvalue weighted by Gasteiger charge is 2.32. The smallest absolute Gasteiger partial charge is 0.275 e. The predicted octanol–water partition coefficient (Wildman–Crippen LogP) is 3.43. The van der Waals surface area contributed by atoms with Gasteiger partial charge in [-0.25, -0.2) is 4.98 Å². The van der Waals surface area contributed by atoms with Crippen LogP contribution < -0.4 is 5.56 Å². The molecule has 0 radical (unpaired) electrons. The number of fused-ring (bicyclic) bond motifs is 1. The Hall–Kier alpha value is -1.70. The van der Waals surface area contributed by atoms with E-state index in [9.17, 15) is 4.79 Å². The molecule has 1 aliphatic heterocycles. The Kier molecular flexibility index (Phi) is 4.86. The van der Waals surface area contributed by atoms with Gasteiger partial charge >= 0.3 is 0 Å². The zero-order chi connectivity index (χ0) is 18.1. The molecule has 2 aromatic heterocycles. The Labute approximate surface area is 161 Å². The van der Waals surface area contributed by atoms with Gasteiger partial charge in [0.1, 0.15) is 0 Å². The van der Waals surface area contributed by atoms with Crippen LogP contribution in [0.3, 0.4) is 0 Å². The van der Waals surface area contributed by atoms with E-state index in [1.807, 2.05) is 6.26 Å². The minimum absolute atomic E-state index is 0.0932. The maximum absolute atomic E-state index is 12.4. The summed E-state index contributed by atoms with van der Waals surface area (Å²) in [7, 11) is 0. The Morgan fingerprint density at radius 1 is 1.31 bits per heavy atom. The number of nitrogens with zero attached hydrogens (tertiary/aromatic N) is 4. The number of hydrogen-bond donors (Lipinski definition) is 0. The van der Waals surface area contributed by atoms with Crippen LogP contribution in [0.1, 0.15) is 31.0 Å². The molecule has 1 unspecified atom stereocenters. The fourth-order valence-electron chi connectivity index (χ4n) is 3.79. The quantitative estimate of drug-likeness (QED) is 0.643. The van der Waals surface area contributed by atoms with E-state index in [2.05, 4.69) is 52.2 Å². The number of likely N-dealkylation sites (tertiary alicyclic amines) is 1. The molecule has 0 amide bonds. The first-order chi connectivity index (χ1) is 12.6. The van der Waals surface area contributed by atoms with Crippen LogP contribution in [0.4, 0.5) is 0 Å². The number of aromatic nitrogens is 3. The zero-order valence-corrected chi connectivity index (χ0v) is 16.6. The molecule has 1 saturated heterocycles. The molecule has 1 aliphatic rings. The molecule has 1 aromatic carbocycles. The molecule has 0 aliphatic carbocycles. The van der Waals surface area contributed by atoms with Crippen LogP contribution in [0.15, 0.2) is 45.5 Å². The third-order valence-corrected chi connectivity index (χ3v) is 6.97. The third kappa shape index (κ3) is 3.43. The highest BCUT2D eigenvalue weighted by molar-refractivity contribution is 8.00. The molecule has 1 atom stereocenters. The minimum Gasteiger partial charge on any atom is -0.297 e. The van der Waals surface area contributed by atoms with Crippen molar-refractivity contribution in [3.63, 3.8) is 0 Å². The van der Waals surface area contributed by atoms with Crippen LogP contribution in [-0.2, 0) is 12.0 Å². The highest BCUT2D eigenvalue weighted by atomic mass is 32.2. The van der Waals surface area contributed by atoms with Crippen molar-refractivity contribution >= 4 is 28.1 Å². The molecule has 136 valence electrons. The van der Waals surface area contributed by atoms with Crippen molar-refractivity contribution in [2.75, 3.05) is 19.3 Å². The van der Waals surface area contributed by atoms with E-state index < -0.39 is 0 Å². The van der Waals surface area contributed by atoms with Gasteiger partial charge in [-0.1, -0.05) is 60.4 Å². The van der Waals surface area contributed by atoms with Crippen LogP contribution in [-0.4, -0.2) is 38.8 Å². The third-order valence-electron chi connectivity index (χ3n) is 5.09. The molecular formula is C19H22N4OS2.